The molecule has 100 valence electrons. The van der Waals surface area contributed by atoms with E-state index in [-0.39, 0.29) is 21.6 Å². The van der Waals surface area contributed by atoms with Gasteiger partial charge in [0.2, 0.25) is 0 Å². The summed E-state index contributed by atoms with van der Waals surface area (Å²) in [7, 11) is 0. The van der Waals surface area contributed by atoms with Crippen LogP contribution in [0.25, 0.3) is 5.69 Å². The number of halogens is 3. The lowest BCUT2D eigenvalue weighted by atomic mass is 10.2. The highest BCUT2D eigenvalue weighted by Crippen LogP contribution is 2.27. The van der Waals surface area contributed by atoms with Crippen molar-refractivity contribution in [2.24, 2.45) is 10.9 Å². The van der Waals surface area contributed by atoms with Crippen molar-refractivity contribution in [2.75, 3.05) is 0 Å². The predicted molar refractivity (Wildman–Crippen MR) is 73.5 cm³/mol. The number of oxime groups is 1. The molecule has 1 aromatic heterocycles. The molecule has 0 atom stereocenters. The topological polar surface area (TPSA) is 76.4 Å². The van der Waals surface area contributed by atoms with Crippen molar-refractivity contribution in [1.82, 2.24) is 9.78 Å². The van der Waals surface area contributed by atoms with E-state index in [1.54, 1.807) is 6.92 Å². The highest BCUT2D eigenvalue weighted by Gasteiger charge is 2.16. The standard InChI is InChI=1S/C11H9BrClFN4O/c1-5-7(13)4-18(16-5)8-3-2-6(11(15)17-19)9(12)10(8)14/h2-4,19H,1H3,(H2,15,17). The second kappa shape index (κ2) is 5.18. The van der Waals surface area contributed by atoms with Crippen molar-refractivity contribution >= 4 is 33.4 Å². The Balaban J connectivity index is 2.59. The first-order valence-electron chi connectivity index (χ1n) is 5.13. The van der Waals surface area contributed by atoms with Gasteiger partial charge in [-0.05, 0) is 35.0 Å². The van der Waals surface area contributed by atoms with Gasteiger partial charge < -0.3 is 10.9 Å². The number of nitrogens with two attached hydrogens (primary N) is 1. The summed E-state index contributed by atoms with van der Waals surface area (Å²) < 4.78 is 15.7. The fourth-order valence-electron chi connectivity index (χ4n) is 1.53. The Morgan fingerprint density at radius 1 is 1.58 bits per heavy atom. The summed E-state index contributed by atoms with van der Waals surface area (Å²) >= 11 is 8.96. The highest BCUT2D eigenvalue weighted by molar-refractivity contribution is 9.10. The number of benzene rings is 1. The molecule has 0 bridgehead atoms. The van der Waals surface area contributed by atoms with E-state index in [4.69, 9.17) is 22.5 Å². The van der Waals surface area contributed by atoms with E-state index in [2.05, 4.69) is 26.2 Å². The zero-order valence-electron chi connectivity index (χ0n) is 9.73. The van der Waals surface area contributed by atoms with Crippen molar-refractivity contribution in [3.63, 3.8) is 0 Å². The van der Waals surface area contributed by atoms with Gasteiger partial charge in [-0.2, -0.15) is 5.10 Å². The van der Waals surface area contributed by atoms with E-state index in [0.717, 1.165) is 0 Å². The average molecular weight is 348 g/mol. The second-order valence-electron chi connectivity index (χ2n) is 3.75. The Labute approximate surface area is 121 Å². The molecule has 8 heteroatoms. The number of rotatable bonds is 2. The van der Waals surface area contributed by atoms with Crippen molar-refractivity contribution < 1.29 is 9.60 Å². The molecule has 0 saturated carbocycles. The zero-order chi connectivity index (χ0) is 14.2. The SMILES string of the molecule is Cc1nn(-c2ccc(/C(N)=N/O)c(Br)c2F)cc1Cl. The molecular weight excluding hydrogens is 339 g/mol. The molecule has 3 N–H and O–H groups in total. The zero-order valence-corrected chi connectivity index (χ0v) is 12.1. The Morgan fingerprint density at radius 2 is 2.26 bits per heavy atom. The van der Waals surface area contributed by atoms with Gasteiger partial charge >= 0.3 is 0 Å². The molecule has 0 fully saturated rings. The van der Waals surface area contributed by atoms with Crippen molar-refractivity contribution in [1.29, 1.82) is 0 Å². The first kappa shape index (κ1) is 13.8. The van der Waals surface area contributed by atoms with Gasteiger partial charge in [-0.15, -0.1) is 0 Å². The van der Waals surface area contributed by atoms with Crippen LogP contribution in [0.5, 0.6) is 0 Å². The lowest BCUT2D eigenvalue weighted by Crippen LogP contribution is -2.15. The molecule has 5 nitrogen and oxygen atoms in total. The van der Waals surface area contributed by atoms with Gasteiger partial charge in [0.25, 0.3) is 0 Å². The molecule has 0 unspecified atom stereocenters. The number of hydrogen-bond acceptors (Lipinski definition) is 3. The Morgan fingerprint density at radius 3 is 2.79 bits per heavy atom. The molecule has 1 aromatic carbocycles. The summed E-state index contributed by atoms with van der Waals surface area (Å²) in [6, 6.07) is 2.98. The predicted octanol–water partition coefficient (Wildman–Crippen LogP) is 2.83. The fourth-order valence-corrected chi connectivity index (χ4v) is 2.20. The van der Waals surface area contributed by atoms with E-state index in [1.807, 2.05) is 0 Å². The molecule has 0 saturated heterocycles. The van der Waals surface area contributed by atoms with Crippen molar-refractivity contribution in [2.45, 2.75) is 6.92 Å². The van der Waals surface area contributed by atoms with Gasteiger partial charge in [0.05, 0.1) is 15.2 Å². The Hall–Kier alpha value is -1.60. The van der Waals surface area contributed by atoms with Crippen LogP contribution >= 0.6 is 27.5 Å². The summed E-state index contributed by atoms with van der Waals surface area (Å²) in [5.74, 6) is -0.768. The first-order valence-corrected chi connectivity index (χ1v) is 6.30. The maximum absolute atomic E-state index is 14.2. The van der Waals surface area contributed by atoms with Crippen LogP contribution in [-0.2, 0) is 0 Å². The third-order valence-corrected chi connectivity index (χ3v) is 3.68. The molecule has 0 spiro atoms. The molecule has 1 heterocycles. The molecule has 0 radical (unpaired) electrons. The number of aryl methyl sites for hydroxylation is 1. The minimum absolute atomic E-state index is 0.0876. The van der Waals surface area contributed by atoms with Gasteiger partial charge in [0, 0.05) is 11.8 Å². The van der Waals surface area contributed by atoms with Crippen molar-refractivity contribution in [3.8, 4) is 5.69 Å². The van der Waals surface area contributed by atoms with Gasteiger partial charge in [-0.3, -0.25) is 0 Å². The van der Waals surface area contributed by atoms with Gasteiger partial charge in [0.15, 0.2) is 11.7 Å². The molecule has 19 heavy (non-hydrogen) atoms. The number of hydrogen-bond donors (Lipinski definition) is 2. The van der Waals surface area contributed by atoms with Crippen LogP contribution in [0.1, 0.15) is 11.3 Å². The number of aromatic nitrogens is 2. The maximum atomic E-state index is 14.2. The number of nitrogens with zero attached hydrogens (tertiary/aromatic N) is 3. The normalized spacial score (nSPS) is 11.9. The first-order chi connectivity index (χ1) is 8.95. The third-order valence-electron chi connectivity index (χ3n) is 2.53. The molecule has 2 aromatic rings. The van der Waals surface area contributed by atoms with E-state index in [0.29, 0.717) is 10.7 Å². The molecule has 0 aliphatic carbocycles. The van der Waals surface area contributed by atoms with Crippen LogP contribution in [0.2, 0.25) is 5.02 Å². The smallest absolute Gasteiger partial charge is 0.171 e. The van der Waals surface area contributed by atoms with Crippen LogP contribution in [0.3, 0.4) is 0 Å². The average Bonchev–Trinajstić information content (AvgIpc) is 2.71. The largest absolute Gasteiger partial charge is 0.409 e. The van der Waals surface area contributed by atoms with E-state index < -0.39 is 5.82 Å². The third kappa shape index (κ3) is 2.43. The maximum Gasteiger partial charge on any atom is 0.171 e. The monoisotopic (exact) mass is 346 g/mol. The van der Waals surface area contributed by atoms with E-state index in [9.17, 15) is 4.39 Å². The lowest BCUT2D eigenvalue weighted by Gasteiger charge is -2.08. The summed E-state index contributed by atoms with van der Waals surface area (Å²) in [5.41, 5.74) is 6.49. The summed E-state index contributed by atoms with van der Waals surface area (Å²) in [6.45, 7) is 1.72. The van der Waals surface area contributed by atoms with Crippen LogP contribution in [-0.4, -0.2) is 20.8 Å². The summed E-state index contributed by atoms with van der Waals surface area (Å²) in [4.78, 5) is 0. The minimum Gasteiger partial charge on any atom is -0.409 e. The summed E-state index contributed by atoms with van der Waals surface area (Å²) in [6.07, 6.45) is 1.50. The lowest BCUT2D eigenvalue weighted by molar-refractivity contribution is 0.318. The molecule has 0 aliphatic rings. The molecule has 2 rings (SSSR count). The van der Waals surface area contributed by atoms with Gasteiger partial charge in [-0.25, -0.2) is 9.07 Å². The second-order valence-corrected chi connectivity index (χ2v) is 4.95. The molecule has 0 aliphatic heterocycles. The van der Waals surface area contributed by atoms with Crippen LogP contribution in [0.15, 0.2) is 28.0 Å². The van der Waals surface area contributed by atoms with E-state index in [1.165, 1.54) is 23.0 Å². The number of amidine groups is 1. The Kier molecular flexibility index (Phi) is 3.77. The Bertz CT molecular complexity index is 651. The highest BCUT2D eigenvalue weighted by atomic mass is 79.9. The van der Waals surface area contributed by atoms with Gasteiger partial charge in [-0.1, -0.05) is 16.8 Å². The fraction of sp³-hybridized carbons (Fsp3) is 0.0909. The minimum atomic E-state index is -0.580. The van der Waals surface area contributed by atoms with Crippen LogP contribution < -0.4 is 5.73 Å². The quantitative estimate of drug-likeness (QED) is 0.379. The van der Waals surface area contributed by atoms with Gasteiger partial charge in [0.1, 0.15) is 5.69 Å². The molecular formula is C11H9BrClFN4O. The van der Waals surface area contributed by atoms with Crippen LogP contribution in [0, 0.1) is 12.7 Å². The summed E-state index contributed by atoms with van der Waals surface area (Å²) in [5, 5.41) is 16.0. The van der Waals surface area contributed by atoms with E-state index >= 15 is 0 Å². The molecule has 0 amide bonds. The van der Waals surface area contributed by atoms with Crippen LogP contribution in [0.4, 0.5) is 4.39 Å². The van der Waals surface area contributed by atoms with Crippen molar-refractivity contribution in [3.05, 3.63) is 44.9 Å².